The van der Waals surface area contributed by atoms with Gasteiger partial charge in [-0.2, -0.15) is 0 Å². The predicted molar refractivity (Wildman–Crippen MR) is 83.3 cm³/mol. The lowest BCUT2D eigenvalue weighted by atomic mass is 9.89. The standard InChI is InChI=1S/C17H28O6/c1-4-5-6-7-8-9-10-17(20)13(12(19)11-18)21-15-14(17)22-16(2,3)23-15/h12-15,18-20H,4-8,11H2,1-3H3/t12-,13-,14+,15-,17-/m1/s1. The minimum atomic E-state index is -1.70. The molecule has 2 saturated heterocycles. The summed E-state index contributed by atoms with van der Waals surface area (Å²) in [6.45, 7) is 5.06. The zero-order valence-electron chi connectivity index (χ0n) is 14.1. The summed E-state index contributed by atoms with van der Waals surface area (Å²) in [4.78, 5) is 0. The van der Waals surface area contributed by atoms with Crippen LogP contribution in [-0.2, 0) is 14.2 Å². The maximum Gasteiger partial charge on any atom is 0.191 e. The lowest BCUT2D eigenvalue weighted by Crippen LogP contribution is -2.53. The minimum absolute atomic E-state index is 0.534. The maximum absolute atomic E-state index is 11.0. The van der Waals surface area contributed by atoms with Gasteiger partial charge in [-0.05, 0) is 20.3 Å². The molecule has 0 aromatic rings. The molecule has 0 aromatic heterocycles. The Labute approximate surface area is 137 Å². The Morgan fingerprint density at radius 3 is 2.57 bits per heavy atom. The number of aliphatic hydroxyl groups excluding tert-OH is 2. The van der Waals surface area contributed by atoms with Crippen molar-refractivity contribution in [2.75, 3.05) is 6.61 Å². The van der Waals surface area contributed by atoms with Crippen LogP contribution in [0.3, 0.4) is 0 Å². The Kier molecular flexibility index (Phi) is 6.06. The van der Waals surface area contributed by atoms with Crippen LogP contribution in [0.2, 0.25) is 0 Å². The summed E-state index contributed by atoms with van der Waals surface area (Å²) in [7, 11) is 0. The van der Waals surface area contributed by atoms with Gasteiger partial charge in [0.25, 0.3) is 0 Å². The average molecular weight is 328 g/mol. The van der Waals surface area contributed by atoms with Gasteiger partial charge in [-0.25, -0.2) is 0 Å². The van der Waals surface area contributed by atoms with E-state index in [4.69, 9.17) is 14.2 Å². The smallest absolute Gasteiger partial charge is 0.191 e. The van der Waals surface area contributed by atoms with Crippen molar-refractivity contribution < 1.29 is 29.5 Å². The largest absolute Gasteiger partial charge is 0.394 e. The first kappa shape index (κ1) is 18.7. The quantitative estimate of drug-likeness (QED) is 0.496. The second-order valence-corrected chi connectivity index (χ2v) is 6.67. The van der Waals surface area contributed by atoms with E-state index in [0.717, 1.165) is 25.7 Å². The van der Waals surface area contributed by atoms with Gasteiger partial charge in [-0.15, -0.1) is 5.92 Å². The Balaban J connectivity index is 2.10. The van der Waals surface area contributed by atoms with Crippen LogP contribution in [0.15, 0.2) is 0 Å². The second kappa shape index (κ2) is 7.47. The van der Waals surface area contributed by atoms with Crippen molar-refractivity contribution >= 4 is 0 Å². The fourth-order valence-electron chi connectivity index (χ4n) is 3.00. The zero-order chi connectivity index (χ0) is 17.1. The van der Waals surface area contributed by atoms with E-state index in [1.807, 2.05) is 0 Å². The third-order valence-corrected chi connectivity index (χ3v) is 4.19. The Morgan fingerprint density at radius 1 is 1.17 bits per heavy atom. The predicted octanol–water partition coefficient (Wildman–Crippen LogP) is 0.921. The third kappa shape index (κ3) is 4.05. The summed E-state index contributed by atoms with van der Waals surface area (Å²) in [5.74, 6) is 4.89. The number of aliphatic hydroxyl groups is 3. The molecule has 5 atom stereocenters. The van der Waals surface area contributed by atoms with Gasteiger partial charge < -0.3 is 29.5 Å². The van der Waals surface area contributed by atoms with Gasteiger partial charge in [0.2, 0.25) is 0 Å². The molecule has 23 heavy (non-hydrogen) atoms. The molecule has 2 aliphatic rings. The highest BCUT2D eigenvalue weighted by Crippen LogP contribution is 2.43. The van der Waals surface area contributed by atoms with Crippen molar-refractivity contribution in [3.63, 3.8) is 0 Å². The highest BCUT2D eigenvalue weighted by Gasteiger charge is 2.64. The summed E-state index contributed by atoms with van der Waals surface area (Å²) in [5.41, 5.74) is -1.70. The maximum atomic E-state index is 11.0. The number of fused-ring (bicyclic) bond motifs is 1. The summed E-state index contributed by atoms with van der Waals surface area (Å²) in [6.07, 6.45) is 1.09. The van der Waals surface area contributed by atoms with Gasteiger partial charge in [0.05, 0.1) is 6.61 Å². The molecule has 2 heterocycles. The van der Waals surface area contributed by atoms with Gasteiger partial charge in [0.1, 0.15) is 12.2 Å². The molecule has 6 nitrogen and oxygen atoms in total. The van der Waals surface area contributed by atoms with Gasteiger partial charge in [-0.3, -0.25) is 0 Å². The molecule has 0 aromatic carbocycles. The van der Waals surface area contributed by atoms with Crippen LogP contribution in [0.25, 0.3) is 0 Å². The van der Waals surface area contributed by atoms with Gasteiger partial charge >= 0.3 is 0 Å². The lowest BCUT2D eigenvalue weighted by Gasteiger charge is -2.31. The molecule has 0 spiro atoms. The average Bonchev–Trinajstić information content (AvgIpc) is 2.94. The number of unbranched alkanes of at least 4 members (excludes halogenated alkanes) is 4. The molecule has 2 rings (SSSR count). The van der Waals surface area contributed by atoms with Crippen molar-refractivity contribution in [2.45, 2.75) is 88.9 Å². The van der Waals surface area contributed by atoms with E-state index in [0.29, 0.717) is 6.42 Å². The van der Waals surface area contributed by atoms with E-state index < -0.39 is 42.6 Å². The van der Waals surface area contributed by atoms with Crippen LogP contribution < -0.4 is 0 Å². The first-order valence-corrected chi connectivity index (χ1v) is 8.36. The van der Waals surface area contributed by atoms with Crippen molar-refractivity contribution in [3.8, 4) is 11.8 Å². The minimum Gasteiger partial charge on any atom is -0.394 e. The van der Waals surface area contributed by atoms with Crippen LogP contribution in [-0.4, -0.2) is 57.9 Å². The van der Waals surface area contributed by atoms with Crippen LogP contribution in [0.4, 0.5) is 0 Å². The van der Waals surface area contributed by atoms with Gasteiger partial charge in [0.15, 0.2) is 23.8 Å². The number of hydrogen-bond donors (Lipinski definition) is 3. The molecule has 0 bridgehead atoms. The fourth-order valence-corrected chi connectivity index (χ4v) is 3.00. The number of rotatable bonds is 6. The highest BCUT2D eigenvalue weighted by atomic mass is 16.8. The van der Waals surface area contributed by atoms with Crippen LogP contribution in [0.1, 0.15) is 52.9 Å². The monoisotopic (exact) mass is 328 g/mol. The van der Waals surface area contributed by atoms with E-state index in [1.54, 1.807) is 13.8 Å². The van der Waals surface area contributed by atoms with Gasteiger partial charge in [0, 0.05) is 6.42 Å². The van der Waals surface area contributed by atoms with Crippen molar-refractivity contribution in [2.24, 2.45) is 0 Å². The van der Waals surface area contributed by atoms with E-state index >= 15 is 0 Å². The highest BCUT2D eigenvalue weighted by molar-refractivity contribution is 5.25. The molecule has 3 N–H and O–H groups in total. The van der Waals surface area contributed by atoms with E-state index in [2.05, 4.69) is 18.8 Å². The lowest BCUT2D eigenvalue weighted by molar-refractivity contribution is -0.235. The Morgan fingerprint density at radius 2 is 1.91 bits per heavy atom. The first-order chi connectivity index (χ1) is 10.8. The Bertz CT molecular complexity index is 454. The number of ether oxygens (including phenoxy) is 3. The third-order valence-electron chi connectivity index (χ3n) is 4.19. The van der Waals surface area contributed by atoms with Crippen LogP contribution >= 0.6 is 0 Å². The molecule has 0 aliphatic carbocycles. The summed E-state index contributed by atoms with van der Waals surface area (Å²) >= 11 is 0. The molecule has 6 heteroatoms. The SMILES string of the molecule is CCCCCCC#C[C@@]1(O)[C@@H]([C@H](O)CO)O[C@@H]2OC(C)(C)O[C@@H]21. The molecule has 2 fully saturated rings. The van der Waals surface area contributed by atoms with Crippen molar-refractivity contribution in [1.82, 2.24) is 0 Å². The summed E-state index contributed by atoms with van der Waals surface area (Å²) in [6, 6.07) is 0. The van der Waals surface area contributed by atoms with E-state index in [1.165, 1.54) is 0 Å². The van der Waals surface area contributed by atoms with Crippen molar-refractivity contribution in [3.05, 3.63) is 0 Å². The topological polar surface area (TPSA) is 88.4 Å². The van der Waals surface area contributed by atoms with Gasteiger partial charge in [-0.1, -0.05) is 32.1 Å². The fraction of sp³-hybridized carbons (Fsp3) is 0.882. The zero-order valence-corrected chi connectivity index (χ0v) is 14.1. The summed E-state index contributed by atoms with van der Waals surface area (Å²) in [5, 5.41) is 30.1. The molecule has 0 unspecified atom stereocenters. The molecule has 132 valence electrons. The van der Waals surface area contributed by atoms with Crippen LogP contribution in [0, 0.1) is 11.8 Å². The molecule has 0 amide bonds. The van der Waals surface area contributed by atoms with Crippen molar-refractivity contribution in [1.29, 1.82) is 0 Å². The summed E-state index contributed by atoms with van der Waals surface area (Å²) < 4.78 is 16.9. The molecular weight excluding hydrogens is 300 g/mol. The normalized spacial score (nSPS) is 36.3. The Hall–Kier alpha value is -0.680. The molecular formula is C17H28O6. The van der Waals surface area contributed by atoms with E-state index in [-0.39, 0.29) is 0 Å². The second-order valence-electron chi connectivity index (χ2n) is 6.67. The van der Waals surface area contributed by atoms with Crippen LogP contribution in [0.5, 0.6) is 0 Å². The molecule has 0 radical (unpaired) electrons. The molecule has 0 saturated carbocycles. The first-order valence-electron chi connectivity index (χ1n) is 8.36. The van der Waals surface area contributed by atoms with E-state index in [9.17, 15) is 15.3 Å². The molecule has 2 aliphatic heterocycles. The number of hydrogen-bond acceptors (Lipinski definition) is 6.